The Morgan fingerprint density at radius 1 is 1.00 bits per heavy atom. The molecule has 1 fully saturated rings. The number of alkyl carbamates (subject to hydrolysis) is 1. The van der Waals surface area contributed by atoms with Gasteiger partial charge in [0.25, 0.3) is 5.91 Å². The molecule has 0 heterocycles. The van der Waals surface area contributed by atoms with Gasteiger partial charge in [0.15, 0.2) is 6.10 Å². The second kappa shape index (κ2) is 10.7. The first-order chi connectivity index (χ1) is 16.5. The van der Waals surface area contributed by atoms with Crippen molar-refractivity contribution in [3.8, 4) is 11.1 Å². The molecule has 2 amide bonds. The lowest BCUT2D eigenvalue weighted by Crippen LogP contribution is -2.45. The minimum absolute atomic E-state index is 0.0479. The summed E-state index contributed by atoms with van der Waals surface area (Å²) in [5.74, 6) is -1.78. The van der Waals surface area contributed by atoms with Crippen LogP contribution < -0.4 is 10.6 Å². The third kappa shape index (κ3) is 5.07. The van der Waals surface area contributed by atoms with Crippen LogP contribution in [-0.2, 0) is 19.1 Å². The van der Waals surface area contributed by atoms with E-state index in [1.54, 1.807) is 0 Å². The lowest BCUT2D eigenvalue weighted by molar-refractivity contribution is -0.143. The highest BCUT2D eigenvalue weighted by Crippen LogP contribution is 2.44. The number of benzene rings is 2. The van der Waals surface area contributed by atoms with Crippen molar-refractivity contribution in [2.45, 2.75) is 31.3 Å². The fraction of sp³-hybridized carbons (Fsp3) is 0.423. The molecule has 180 valence electrons. The Kier molecular flexibility index (Phi) is 7.47. The molecule has 2 aliphatic carbocycles. The molecule has 0 bridgehead atoms. The van der Waals surface area contributed by atoms with Gasteiger partial charge in [-0.15, -0.1) is 0 Å². The van der Waals surface area contributed by atoms with Crippen LogP contribution in [0, 0.1) is 11.8 Å². The minimum Gasteiger partial charge on any atom is -0.481 e. The van der Waals surface area contributed by atoms with Gasteiger partial charge in [-0.3, -0.25) is 9.59 Å². The van der Waals surface area contributed by atoms with Crippen molar-refractivity contribution >= 4 is 18.0 Å². The number of hydrogen-bond donors (Lipinski definition) is 3. The molecule has 2 aromatic rings. The van der Waals surface area contributed by atoms with Crippen molar-refractivity contribution in [3.63, 3.8) is 0 Å². The summed E-state index contributed by atoms with van der Waals surface area (Å²) in [6.45, 7) is 0.411. The van der Waals surface area contributed by atoms with E-state index in [1.165, 1.54) is 7.11 Å². The Labute approximate surface area is 198 Å². The number of aliphatic carboxylic acids is 1. The van der Waals surface area contributed by atoms with Crippen LogP contribution in [-0.4, -0.2) is 56.0 Å². The molecule has 0 spiro atoms. The fourth-order valence-corrected chi connectivity index (χ4v) is 5.06. The maximum absolute atomic E-state index is 12.5. The van der Waals surface area contributed by atoms with Crippen LogP contribution in [0.15, 0.2) is 48.5 Å². The number of carbonyl (C=O) groups is 3. The molecule has 3 atom stereocenters. The van der Waals surface area contributed by atoms with Gasteiger partial charge in [0.05, 0.1) is 12.5 Å². The van der Waals surface area contributed by atoms with Crippen molar-refractivity contribution < 1.29 is 29.0 Å². The Morgan fingerprint density at radius 2 is 1.65 bits per heavy atom. The molecule has 2 aromatic carbocycles. The maximum atomic E-state index is 12.5. The number of fused-ring (bicyclic) bond motifs is 3. The van der Waals surface area contributed by atoms with E-state index in [0.29, 0.717) is 6.42 Å². The topological polar surface area (TPSA) is 114 Å². The second-order valence-electron chi connectivity index (χ2n) is 8.81. The molecule has 0 radical (unpaired) electrons. The molecule has 34 heavy (non-hydrogen) atoms. The van der Waals surface area contributed by atoms with E-state index in [1.807, 2.05) is 36.4 Å². The molecule has 0 aliphatic heterocycles. The van der Waals surface area contributed by atoms with Crippen LogP contribution in [0.1, 0.15) is 36.3 Å². The third-order valence-corrected chi connectivity index (χ3v) is 6.87. The number of ether oxygens (including phenoxy) is 2. The number of carboxylic acids is 1. The van der Waals surface area contributed by atoms with Crippen molar-refractivity contribution in [2.75, 3.05) is 26.8 Å². The summed E-state index contributed by atoms with van der Waals surface area (Å²) >= 11 is 0. The van der Waals surface area contributed by atoms with Crippen LogP contribution in [0.25, 0.3) is 11.1 Å². The van der Waals surface area contributed by atoms with Gasteiger partial charge >= 0.3 is 12.1 Å². The Balaban J connectivity index is 1.26. The van der Waals surface area contributed by atoms with Crippen LogP contribution in [0.2, 0.25) is 0 Å². The van der Waals surface area contributed by atoms with E-state index in [4.69, 9.17) is 9.47 Å². The normalized spacial score (nSPS) is 19.7. The van der Waals surface area contributed by atoms with Crippen LogP contribution in [0.5, 0.6) is 0 Å². The number of carboxylic acid groups (broad SMARTS) is 1. The van der Waals surface area contributed by atoms with E-state index in [9.17, 15) is 19.5 Å². The zero-order chi connectivity index (χ0) is 24.1. The van der Waals surface area contributed by atoms with Gasteiger partial charge < -0.3 is 25.2 Å². The molecular formula is C26H30N2O6. The summed E-state index contributed by atoms with van der Waals surface area (Å²) in [7, 11) is 1.39. The van der Waals surface area contributed by atoms with E-state index in [-0.39, 0.29) is 31.5 Å². The lowest BCUT2D eigenvalue weighted by atomic mass is 9.96. The van der Waals surface area contributed by atoms with Gasteiger partial charge in [-0.05, 0) is 41.0 Å². The molecular weight excluding hydrogens is 436 g/mol. The Morgan fingerprint density at radius 3 is 2.26 bits per heavy atom. The second-order valence-corrected chi connectivity index (χ2v) is 8.81. The smallest absolute Gasteiger partial charge is 0.407 e. The molecule has 4 rings (SSSR count). The lowest BCUT2D eigenvalue weighted by Gasteiger charge is -2.20. The number of hydrogen-bond acceptors (Lipinski definition) is 5. The molecule has 8 heteroatoms. The van der Waals surface area contributed by atoms with E-state index in [0.717, 1.165) is 35.1 Å². The summed E-state index contributed by atoms with van der Waals surface area (Å²) in [5, 5.41) is 14.7. The van der Waals surface area contributed by atoms with Gasteiger partial charge in [-0.25, -0.2) is 4.79 Å². The predicted octanol–water partition coefficient (Wildman–Crippen LogP) is 3.16. The first-order valence-electron chi connectivity index (χ1n) is 11.6. The van der Waals surface area contributed by atoms with Gasteiger partial charge in [-0.1, -0.05) is 55.0 Å². The third-order valence-electron chi connectivity index (χ3n) is 6.87. The van der Waals surface area contributed by atoms with E-state index >= 15 is 0 Å². The average Bonchev–Trinajstić information content (AvgIpc) is 3.45. The predicted molar refractivity (Wildman–Crippen MR) is 125 cm³/mol. The standard InChI is InChI=1S/C26H30N2O6/c1-33-23(24(29)27-13-16-7-6-12-17(16)25(30)31)14-28-26(32)34-15-22-20-10-4-2-8-18(20)19-9-3-5-11-21(19)22/h2-5,8-11,16-17,22-23H,6-7,12-15H2,1H3,(H,27,29)(H,28,32)(H,30,31)/t16-,17-,23?/m1/s1. The number of rotatable bonds is 9. The molecule has 8 nitrogen and oxygen atoms in total. The fourth-order valence-electron chi connectivity index (χ4n) is 5.06. The quantitative estimate of drug-likeness (QED) is 0.523. The highest BCUT2D eigenvalue weighted by atomic mass is 16.5. The van der Waals surface area contributed by atoms with Crippen molar-refractivity contribution in [2.24, 2.45) is 11.8 Å². The summed E-state index contributed by atoms with van der Waals surface area (Å²) in [4.78, 5) is 36.2. The van der Waals surface area contributed by atoms with E-state index in [2.05, 4.69) is 22.8 Å². The molecule has 2 aliphatic rings. The summed E-state index contributed by atoms with van der Waals surface area (Å²) in [6, 6.07) is 16.2. The zero-order valence-electron chi connectivity index (χ0n) is 19.2. The van der Waals surface area contributed by atoms with Crippen molar-refractivity contribution in [3.05, 3.63) is 59.7 Å². The highest BCUT2D eigenvalue weighted by molar-refractivity contribution is 5.82. The Hall–Kier alpha value is -3.39. The molecule has 1 unspecified atom stereocenters. The van der Waals surface area contributed by atoms with Gasteiger partial charge in [0.2, 0.25) is 0 Å². The van der Waals surface area contributed by atoms with Gasteiger partial charge in [-0.2, -0.15) is 0 Å². The number of carbonyl (C=O) groups excluding carboxylic acids is 2. The molecule has 3 N–H and O–H groups in total. The molecule has 1 saturated carbocycles. The molecule has 0 saturated heterocycles. The zero-order valence-corrected chi connectivity index (χ0v) is 19.2. The minimum atomic E-state index is -0.898. The number of amides is 2. The summed E-state index contributed by atoms with van der Waals surface area (Å²) < 4.78 is 10.7. The average molecular weight is 467 g/mol. The van der Waals surface area contributed by atoms with E-state index < -0.39 is 30.0 Å². The number of nitrogens with one attached hydrogen (secondary N) is 2. The highest BCUT2D eigenvalue weighted by Gasteiger charge is 2.33. The van der Waals surface area contributed by atoms with Crippen LogP contribution >= 0.6 is 0 Å². The van der Waals surface area contributed by atoms with Gasteiger partial charge in [0.1, 0.15) is 6.61 Å². The van der Waals surface area contributed by atoms with Crippen LogP contribution in [0.4, 0.5) is 4.79 Å². The maximum Gasteiger partial charge on any atom is 0.407 e. The largest absolute Gasteiger partial charge is 0.481 e. The number of methoxy groups -OCH3 is 1. The molecule has 0 aromatic heterocycles. The summed E-state index contributed by atoms with van der Waals surface area (Å²) in [5.41, 5.74) is 4.54. The van der Waals surface area contributed by atoms with Gasteiger partial charge in [0, 0.05) is 19.6 Å². The first-order valence-corrected chi connectivity index (χ1v) is 11.6. The first kappa shape index (κ1) is 23.8. The summed E-state index contributed by atoms with van der Waals surface area (Å²) in [6.07, 6.45) is 0.720. The Bertz CT molecular complexity index is 1010. The van der Waals surface area contributed by atoms with Crippen molar-refractivity contribution in [1.82, 2.24) is 10.6 Å². The van der Waals surface area contributed by atoms with Crippen LogP contribution in [0.3, 0.4) is 0 Å². The monoisotopic (exact) mass is 466 g/mol. The van der Waals surface area contributed by atoms with Crippen molar-refractivity contribution in [1.29, 1.82) is 0 Å². The SMILES string of the molecule is COC(CNC(=O)OCC1c2ccccc2-c2ccccc21)C(=O)NC[C@H]1CCC[C@H]1C(=O)O.